The molecule has 2 rings (SSSR count). The first-order valence-corrected chi connectivity index (χ1v) is 8.77. The Morgan fingerprint density at radius 1 is 1.14 bits per heavy atom. The topological polar surface area (TPSA) is 24.1 Å². The van der Waals surface area contributed by atoms with Gasteiger partial charge in [-0.3, -0.25) is 0 Å². The third-order valence-electron chi connectivity index (χ3n) is 4.74. The van der Waals surface area contributed by atoms with Crippen molar-refractivity contribution >= 4 is 0 Å². The molecular formula is C19H32N2. The third kappa shape index (κ3) is 6.19. The molecular weight excluding hydrogens is 256 g/mol. The number of benzene rings is 1. The van der Waals surface area contributed by atoms with Gasteiger partial charge in [0.15, 0.2) is 0 Å². The van der Waals surface area contributed by atoms with E-state index in [1.807, 2.05) is 0 Å². The molecule has 2 heteroatoms. The van der Waals surface area contributed by atoms with Crippen LogP contribution in [0, 0.1) is 0 Å². The average Bonchev–Trinajstić information content (AvgIpc) is 2.76. The van der Waals surface area contributed by atoms with Crippen LogP contribution in [0.1, 0.15) is 63.9 Å². The van der Waals surface area contributed by atoms with E-state index < -0.39 is 0 Å². The second-order valence-corrected chi connectivity index (χ2v) is 6.69. The lowest BCUT2D eigenvalue weighted by Gasteiger charge is -2.22. The molecule has 1 aromatic carbocycles. The lowest BCUT2D eigenvalue weighted by Crippen LogP contribution is -2.37. The first-order valence-electron chi connectivity index (χ1n) is 8.77. The Morgan fingerprint density at radius 2 is 1.95 bits per heavy atom. The Hall–Kier alpha value is -0.860. The second kappa shape index (κ2) is 9.22. The Balaban J connectivity index is 1.63. The lowest BCUT2D eigenvalue weighted by molar-refractivity contribution is 0.398. The largest absolute Gasteiger partial charge is 0.314 e. The minimum absolute atomic E-state index is 0.614. The predicted molar refractivity (Wildman–Crippen MR) is 91.8 cm³/mol. The molecule has 1 saturated heterocycles. The van der Waals surface area contributed by atoms with Gasteiger partial charge >= 0.3 is 0 Å². The SMILES string of the molecule is CC(CC1CCCCCN1)NCCC(C)c1ccccc1. The monoisotopic (exact) mass is 288 g/mol. The molecule has 1 aromatic rings. The van der Waals surface area contributed by atoms with E-state index in [0.29, 0.717) is 12.0 Å². The van der Waals surface area contributed by atoms with Crippen LogP contribution in [0.5, 0.6) is 0 Å². The summed E-state index contributed by atoms with van der Waals surface area (Å²) in [6, 6.07) is 12.2. The fourth-order valence-electron chi connectivity index (χ4n) is 3.31. The van der Waals surface area contributed by atoms with Crippen LogP contribution >= 0.6 is 0 Å². The molecule has 0 aliphatic carbocycles. The molecule has 118 valence electrons. The molecule has 3 unspecified atom stereocenters. The number of rotatable bonds is 7. The molecule has 0 saturated carbocycles. The van der Waals surface area contributed by atoms with Gasteiger partial charge in [0.25, 0.3) is 0 Å². The quantitative estimate of drug-likeness (QED) is 0.790. The highest BCUT2D eigenvalue weighted by molar-refractivity contribution is 5.18. The van der Waals surface area contributed by atoms with Gasteiger partial charge in [-0.15, -0.1) is 0 Å². The first-order chi connectivity index (χ1) is 10.3. The Bertz CT molecular complexity index is 368. The van der Waals surface area contributed by atoms with Gasteiger partial charge in [-0.1, -0.05) is 50.1 Å². The van der Waals surface area contributed by atoms with E-state index in [9.17, 15) is 0 Å². The highest BCUT2D eigenvalue weighted by atomic mass is 14.9. The van der Waals surface area contributed by atoms with E-state index in [-0.39, 0.29) is 0 Å². The van der Waals surface area contributed by atoms with Crippen molar-refractivity contribution in [2.24, 2.45) is 0 Å². The molecule has 1 heterocycles. The van der Waals surface area contributed by atoms with Crippen LogP contribution in [0.15, 0.2) is 30.3 Å². The van der Waals surface area contributed by atoms with Gasteiger partial charge in [0.2, 0.25) is 0 Å². The first kappa shape index (κ1) is 16.5. The van der Waals surface area contributed by atoms with Crippen LogP contribution < -0.4 is 10.6 Å². The average molecular weight is 288 g/mol. The number of hydrogen-bond donors (Lipinski definition) is 2. The molecule has 3 atom stereocenters. The van der Waals surface area contributed by atoms with Gasteiger partial charge in [0.05, 0.1) is 0 Å². The van der Waals surface area contributed by atoms with Gasteiger partial charge in [-0.05, 0) is 57.2 Å². The summed E-state index contributed by atoms with van der Waals surface area (Å²) in [4.78, 5) is 0. The third-order valence-corrected chi connectivity index (χ3v) is 4.74. The molecule has 0 bridgehead atoms. The van der Waals surface area contributed by atoms with Crippen LogP contribution in [0.25, 0.3) is 0 Å². The van der Waals surface area contributed by atoms with E-state index in [4.69, 9.17) is 0 Å². The van der Waals surface area contributed by atoms with E-state index in [1.54, 1.807) is 0 Å². The summed E-state index contributed by atoms with van der Waals surface area (Å²) in [5.41, 5.74) is 1.46. The van der Waals surface area contributed by atoms with Gasteiger partial charge in [0.1, 0.15) is 0 Å². The van der Waals surface area contributed by atoms with E-state index >= 15 is 0 Å². The Kier molecular flexibility index (Phi) is 7.25. The van der Waals surface area contributed by atoms with Crippen molar-refractivity contribution < 1.29 is 0 Å². The molecule has 2 N–H and O–H groups in total. The van der Waals surface area contributed by atoms with Crippen molar-refractivity contribution in [3.63, 3.8) is 0 Å². The smallest absolute Gasteiger partial charge is 0.00817 e. The maximum atomic E-state index is 3.71. The van der Waals surface area contributed by atoms with Crippen LogP contribution in [-0.2, 0) is 0 Å². The zero-order valence-corrected chi connectivity index (χ0v) is 13.8. The second-order valence-electron chi connectivity index (χ2n) is 6.69. The van der Waals surface area contributed by atoms with Crippen molar-refractivity contribution in [1.82, 2.24) is 10.6 Å². The normalized spacial score (nSPS) is 22.5. The van der Waals surface area contributed by atoms with Crippen LogP contribution in [0.4, 0.5) is 0 Å². The molecule has 0 amide bonds. The Morgan fingerprint density at radius 3 is 2.76 bits per heavy atom. The van der Waals surface area contributed by atoms with E-state index in [0.717, 1.165) is 12.6 Å². The minimum atomic E-state index is 0.614. The minimum Gasteiger partial charge on any atom is -0.314 e. The van der Waals surface area contributed by atoms with Gasteiger partial charge < -0.3 is 10.6 Å². The van der Waals surface area contributed by atoms with Gasteiger partial charge in [0, 0.05) is 12.1 Å². The van der Waals surface area contributed by atoms with Crippen molar-refractivity contribution in [3.8, 4) is 0 Å². The summed E-state index contributed by atoms with van der Waals surface area (Å²) < 4.78 is 0. The standard InChI is InChI=1S/C19H32N2/c1-16(18-9-5-3-6-10-18)12-14-20-17(2)15-19-11-7-4-8-13-21-19/h3,5-6,9-10,16-17,19-21H,4,7-8,11-15H2,1-2H3. The van der Waals surface area contributed by atoms with Crippen molar-refractivity contribution in [2.75, 3.05) is 13.1 Å². The molecule has 0 aromatic heterocycles. The zero-order chi connectivity index (χ0) is 14.9. The van der Waals surface area contributed by atoms with Crippen LogP contribution in [0.2, 0.25) is 0 Å². The van der Waals surface area contributed by atoms with Gasteiger partial charge in [-0.2, -0.15) is 0 Å². The summed E-state index contributed by atoms with van der Waals surface area (Å²) >= 11 is 0. The lowest BCUT2D eigenvalue weighted by atomic mass is 9.97. The summed E-state index contributed by atoms with van der Waals surface area (Å²) in [6.07, 6.45) is 7.99. The van der Waals surface area contributed by atoms with E-state index in [2.05, 4.69) is 54.8 Å². The maximum Gasteiger partial charge on any atom is 0.00817 e. The molecule has 0 spiro atoms. The van der Waals surface area contributed by atoms with Gasteiger partial charge in [-0.25, -0.2) is 0 Å². The van der Waals surface area contributed by atoms with Crippen LogP contribution in [0.3, 0.4) is 0 Å². The molecule has 1 fully saturated rings. The summed E-state index contributed by atoms with van der Waals surface area (Å²) in [6.45, 7) is 6.99. The molecule has 21 heavy (non-hydrogen) atoms. The Labute approximate surface area is 130 Å². The summed E-state index contributed by atoms with van der Waals surface area (Å²) in [5.74, 6) is 0.641. The molecule has 2 nitrogen and oxygen atoms in total. The molecule has 1 aliphatic rings. The number of hydrogen-bond acceptors (Lipinski definition) is 2. The zero-order valence-electron chi connectivity index (χ0n) is 13.8. The summed E-state index contributed by atoms with van der Waals surface area (Å²) in [5, 5.41) is 7.41. The maximum absolute atomic E-state index is 3.71. The number of nitrogens with one attached hydrogen (secondary N) is 2. The molecule has 1 aliphatic heterocycles. The van der Waals surface area contributed by atoms with Crippen molar-refractivity contribution in [2.45, 2.75) is 70.4 Å². The van der Waals surface area contributed by atoms with Crippen LogP contribution in [-0.4, -0.2) is 25.2 Å². The van der Waals surface area contributed by atoms with Crippen molar-refractivity contribution in [3.05, 3.63) is 35.9 Å². The van der Waals surface area contributed by atoms with Crippen molar-refractivity contribution in [1.29, 1.82) is 0 Å². The fourth-order valence-corrected chi connectivity index (χ4v) is 3.31. The predicted octanol–water partition coefficient (Wildman–Crippen LogP) is 4.08. The molecule has 0 radical (unpaired) electrons. The highest BCUT2D eigenvalue weighted by Gasteiger charge is 2.14. The summed E-state index contributed by atoms with van der Waals surface area (Å²) in [7, 11) is 0. The fraction of sp³-hybridized carbons (Fsp3) is 0.684. The highest BCUT2D eigenvalue weighted by Crippen LogP contribution is 2.18. The van der Waals surface area contributed by atoms with E-state index in [1.165, 1.54) is 50.6 Å².